The van der Waals surface area contributed by atoms with E-state index in [2.05, 4.69) is 65.8 Å². The molecule has 2 amide bonds. The third-order valence-corrected chi connectivity index (χ3v) is 11.1. The molecular weight excluding hydrogens is 658 g/mol. The van der Waals surface area contributed by atoms with Crippen LogP contribution < -0.4 is 24.8 Å². The molecule has 3 saturated heterocycles. The Morgan fingerprint density at radius 3 is 2.25 bits per heavy atom. The summed E-state index contributed by atoms with van der Waals surface area (Å²) in [5.41, 5.74) is 9.83. The van der Waals surface area contributed by atoms with Crippen molar-refractivity contribution in [2.75, 3.05) is 53.6 Å². The molecule has 6 heterocycles. The van der Waals surface area contributed by atoms with Crippen LogP contribution in [0.4, 0.5) is 0 Å². The first-order valence-corrected chi connectivity index (χ1v) is 18.0. The number of benzene rings is 2. The molecule has 0 aliphatic carbocycles. The Hall–Kier alpha value is -5.07. The standard InChI is InChI=1S/C40H45N7O5/c1-23-27(8-6-10-29(23)31-14-35-37(39(44-31)51-5)34(18-52-35)41-15-26-12-13-36(49)43-26)28-9-7-11-30(24(28)2)32-16-42-33(38(45-32)50-4)17-46-19-40(20-46)21-47(22-40)25(3)48/h6-11,14,16,26,34,41H,12-13,15,17-22H2,1-5H3,(H,43,49)/t26-,34-/m0/s1. The SMILES string of the molecule is COc1nc(-c2cccc(-c3cccc(-c4cc5c(c(OC)n4)[C@@H](NC[C@@H]4CCC(=O)N4)CO5)c3C)c2C)cnc1CN1CC2(C1)CN(C(C)=O)C2. The number of methoxy groups -OCH3 is 2. The van der Waals surface area contributed by atoms with Crippen molar-refractivity contribution in [2.24, 2.45) is 5.41 Å². The smallest absolute Gasteiger partial charge is 0.237 e. The van der Waals surface area contributed by atoms with E-state index in [9.17, 15) is 9.59 Å². The summed E-state index contributed by atoms with van der Waals surface area (Å²) in [5, 5.41) is 6.56. The van der Waals surface area contributed by atoms with Crippen molar-refractivity contribution in [3.63, 3.8) is 0 Å². The zero-order valence-corrected chi connectivity index (χ0v) is 30.4. The van der Waals surface area contributed by atoms with Gasteiger partial charge in [0, 0.05) is 81.3 Å². The van der Waals surface area contributed by atoms with Gasteiger partial charge in [-0.3, -0.25) is 19.5 Å². The number of nitrogens with one attached hydrogen (secondary N) is 2. The monoisotopic (exact) mass is 703 g/mol. The Morgan fingerprint density at radius 1 is 0.962 bits per heavy atom. The van der Waals surface area contributed by atoms with E-state index < -0.39 is 0 Å². The topological polar surface area (TPSA) is 131 Å². The van der Waals surface area contributed by atoms with Gasteiger partial charge < -0.3 is 29.7 Å². The maximum atomic E-state index is 11.7. The Balaban J connectivity index is 1.02. The van der Waals surface area contributed by atoms with E-state index in [1.54, 1.807) is 21.1 Å². The molecule has 4 aliphatic rings. The zero-order chi connectivity index (χ0) is 36.1. The number of likely N-dealkylation sites (tertiary alicyclic amines) is 2. The number of aromatic nitrogens is 3. The summed E-state index contributed by atoms with van der Waals surface area (Å²) in [7, 11) is 3.28. The summed E-state index contributed by atoms with van der Waals surface area (Å²) in [5.74, 6) is 2.07. The third-order valence-electron chi connectivity index (χ3n) is 11.1. The average Bonchev–Trinajstić information content (AvgIpc) is 3.73. The Morgan fingerprint density at radius 2 is 1.62 bits per heavy atom. The number of rotatable bonds is 10. The quantitative estimate of drug-likeness (QED) is 0.244. The molecule has 0 radical (unpaired) electrons. The van der Waals surface area contributed by atoms with E-state index in [-0.39, 0.29) is 29.3 Å². The van der Waals surface area contributed by atoms with E-state index in [0.717, 1.165) is 94.4 Å². The van der Waals surface area contributed by atoms with Crippen LogP contribution in [0.25, 0.3) is 33.6 Å². The maximum absolute atomic E-state index is 11.7. The number of hydrogen-bond acceptors (Lipinski definition) is 10. The van der Waals surface area contributed by atoms with Gasteiger partial charge in [0.15, 0.2) is 0 Å². The summed E-state index contributed by atoms with van der Waals surface area (Å²) in [6, 6.07) is 14.6. The van der Waals surface area contributed by atoms with Crippen LogP contribution in [0.5, 0.6) is 17.5 Å². The van der Waals surface area contributed by atoms with Gasteiger partial charge in [0.05, 0.1) is 43.4 Å². The summed E-state index contributed by atoms with van der Waals surface area (Å²) >= 11 is 0. The fraction of sp³-hybridized carbons (Fsp3) is 0.425. The minimum absolute atomic E-state index is 0.0760. The van der Waals surface area contributed by atoms with E-state index in [0.29, 0.717) is 37.9 Å². The number of hydrogen-bond donors (Lipinski definition) is 2. The number of ether oxygens (including phenoxy) is 3. The normalized spacial score (nSPS) is 20.2. The lowest BCUT2D eigenvalue weighted by molar-refractivity contribution is -0.157. The molecule has 2 N–H and O–H groups in total. The molecule has 270 valence electrons. The predicted molar refractivity (Wildman–Crippen MR) is 196 cm³/mol. The molecule has 0 bridgehead atoms. The van der Waals surface area contributed by atoms with E-state index >= 15 is 0 Å². The van der Waals surface area contributed by atoms with Crippen molar-refractivity contribution in [1.29, 1.82) is 0 Å². The highest BCUT2D eigenvalue weighted by Gasteiger charge is 2.52. The zero-order valence-electron chi connectivity index (χ0n) is 30.4. The molecule has 1 spiro atoms. The van der Waals surface area contributed by atoms with E-state index in [4.69, 9.17) is 29.2 Å². The Labute approximate surface area is 303 Å². The lowest BCUT2D eigenvalue weighted by Gasteiger charge is -2.60. The van der Waals surface area contributed by atoms with Crippen LogP contribution in [0.2, 0.25) is 0 Å². The Kier molecular flexibility index (Phi) is 8.83. The molecule has 0 saturated carbocycles. The van der Waals surface area contributed by atoms with Crippen LogP contribution in [0, 0.1) is 19.3 Å². The van der Waals surface area contributed by atoms with Crippen molar-refractivity contribution in [3.05, 3.63) is 71.0 Å². The summed E-state index contributed by atoms with van der Waals surface area (Å²) in [4.78, 5) is 42.3. The predicted octanol–water partition coefficient (Wildman–Crippen LogP) is 4.47. The van der Waals surface area contributed by atoms with Gasteiger partial charge in [-0.25, -0.2) is 9.97 Å². The highest BCUT2D eigenvalue weighted by atomic mass is 16.5. The summed E-state index contributed by atoms with van der Waals surface area (Å²) < 4.78 is 17.7. The number of pyridine rings is 1. The van der Waals surface area contributed by atoms with Crippen LogP contribution >= 0.6 is 0 Å². The van der Waals surface area contributed by atoms with Crippen molar-refractivity contribution < 1.29 is 23.8 Å². The molecule has 2 atom stereocenters. The van der Waals surface area contributed by atoms with Crippen molar-refractivity contribution >= 4 is 11.8 Å². The van der Waals surface area contributed by atoms with Crippen molar-refractivity contribution in [3.8, 4) is 51.2 Å². The largest absolute Gasteiger partial charge is 0.491 e. The van der Waals surface area contributed by atoms with Crippen LogP contribution in [0.3, 0.4) is 0 Å². The molecule has 8 rings (SSSR count). The van der Waals surface area contributed by atoms with Gasteiger partial charge in [0.1, 0.15) is 18.1 Å². The van der Waals surface area contributed by atoms with Crippen LogP contribution in [-0.2, 0) is 16.1 Å². The van der Waals surface area contributed by atoms with Crippen LogP contribution in [0.15, 0.2) is 48.7 Å². The first kappa shape index (κ1) is 34.0. The number of nitrogens with zero attached hydrogens (tertiary/aromatic N) is 5. The number of amides is 2. The van der Waals surface area contributed by atoms with Gasteiger partial charge in [-0.1, -0.05) is 36.4 Å². The third kappa shape index (κ3) is 6.13. The molecule has 4 aromatic rings. The number of fused-ring (bicyclic) bond motifs is 1. The Bertz CT molecular complexity index is 2050. The number of carbonyl (C=O) groups excluding carboxylic acids is 2. The first-order valence-electron chi connectivity index (χ1n) is 18.0. The second-order valence-corrected chi connectivity index (χ2v) is 14.7. The minimum atomic E-state index is -0.0760. The van der Waals surface area contributed by atoms with Gasteiger partial charge in [-0.2, -0.15) is 0 Å². The first-order chi connectivity index (χ1) is 25.1. The second-order valence-electron chi connectivity index (χ2n) is 14.7. The van der Waals surface area contributed by atoms with Crippen LogP contribution in [0.1, 0.15) is 48.2 Å². The molecule has 2 aromatic carbocycles. The second kappa shape index (κ2) is 13.5. The van der Waals surface area contributed by atoms with Gasteiger partial charge in [-0.05, 0) is 42.5 Å². The summed E-state index contributed by atoms with van der Waals surface area (Å²) in [6.45, 7) is 11.2. The molecule has 12 heteroatoms. The van der Waals surface area contributed by atoms with Gasteiger partial charge in [0.25, 0.3) is 0 Å². The van der Waals surface area contributed by atoms with Gasteiger partial charge in [-0.15, -0.1) is 0 Å². The fourth-order valence-corrected chi connectivity index (χ4v) is 8.40. The fourth-order valence-electron chi connectivity index (χ4n) is 8.40. The molecule has 2 aromatic heterocycles. The lowest BCUT2D eigenvalue weighted by atomic mass is 9.73. The molecular formula is C40H45N7O5. The number of carbonyl (C=O) groups is 2. The van der Waals surface area contributed by atoms with Crippen LogP contribution in [-0.4, -0.2) is 96.2 Å². The van der Waals surface area contributed by atoms with E-state index in [1.807, 2.05) is 17.2 Å². The lowest BCUT2D eigenvalue weighted by Crippen LogP contribution is -2.72. The van der Waals surface area contributed by atoms with Gasteiger partial charge in [0.2, 0.25) is 23.6 Å². The van der Waals surface area contributed by atoms with Crippen molar-refractivity contribution in [1.82, 2.24) is 35.4 Å². The van der Waals surface area contributed by atoms with Crippen molar-refractivity contribution in [2.45, 2.75) is 52.2 Å². The van der Waals surface area contributed by atoms with E-state index in [1.165, 1.54) is 0 Å². The maximum Gasteiger partial charge on any atom is 0.237 e. The minimum Gasteiger partial charge on any atom is -0.491 e. The highest BCUT2D eigenvalue weighted by molar-refractivity contribution is 5.83. The molecule has 3 fully saturated rings. The molecule has 4 aliphatic heterocycles. The molecule has 12 nitrogen and oxygen atoms in total. The molecule has 0 unspecified atom stereocenters. The summed E-state index contributed by atoms with van der Waals surface area (Å²) in [6.07, 6.45) is 3.24. The van der Waals surface area contributed by atoms with Gasteiger partial charge >= 0.3 is 0 Å². The average molecular weight is 704 g/mol. The molecule has 52 heavy (non-hydrogen) atoms. The highest BCUT2D eigenvalue weighted by Crippen LogP contribution is 2.44.